The molecule has 0 radical (unpaired) electrons. The molecule has 1 saturated carbocycles. The molecule has 94 valence electrons. The lowest BCUT2D eigenvalue weighted by molar-refractivity contribution is -0.166. The van der Waals surface area contributed by atoms with Gasteiger partial charge in [-0.2, -0.15) is 13.2 Å². The van der Waals surface area contributed by atoms with Crippen molar-refractivity contribution in [1.29, 1.82) is 0 Å². The summed E-state index contributed by atoms with van der Waals surface area (Å²) in [4.78, 5) is 0. The first-order valence-corrected chi connectivity index (χ1v) is 5.17. The van der Waals surface area contributed by atoms with Crippen LogP contribution < -0.4 is 5.32 Å². The third-order valence-corrected chi connectivity index (χ3v) is 2.98. The van der Waals surface area contributed by atoms with E-state index in [1.807, 2.05) is 0 Å². The van der Waals surface area contributed by atoms with Crippen LogP contribution in [0, 0.1) is 0 Å². The summed E-state index contributed by atoms with van der Waals surface area (Å²) < 4.78 is 37.8. The molecule has 0 amide bonds. The summed E-state index contributed by atoms with van der Waals surface area (Å²) in [6.45, 7) is -0.0778. The van der Waals surface area contributed by atoms with Crippen molar-refractivity contribution >= 4 is 0 Å². The molecule has 0 spiro atoms. The lowest BCUT2D eigenvalue weighted by atomic mass is 10.1. The van der Waals surface area contributed by atoms with Gasteiger partial charge in [0.2, 0.25) is 0 Å². The van der Waals surface area contributed by atoms with Crippen LogP contribution in [0.3, 0.4) is 0 Å². The summed E-state index contributed by atoms with van der Waals surface area (Å²) in [5, 5.41) is 20.9. The van der Waals surface area contributed by atoms with Gasteiger partial charge < -0.3 is 10.2 Å². The normalized spacial score (nSPS) is 18.1. The van der Waals surface area contributed by atoms with Crippen LogP contribution in [0.2, 0.25) is 0 Å². The van der Waals surface area contributed by atoms with Crippen LogP contribution in [0.15, 0.2) is 18.2 Å². The van der Waals surface area contributed by atoms with Crippen LogP contribution in [0.25, 0.3) is 0 Å². The van der Waals surface area contributed by atoms with Crippen molar-refractivity contribution in [1.82, 2.24) is 5.32 Å². The Morgan fingerprint density at radius 1 is 1.24 bits per heavy atom. The quantitative estimate of drug-likeness (QED) is 0.768. The Kier molecular flexibility index (Phi) is 2.69. The van der Waals surface area contributed by atoms with E-state index in [-0.39, 0.29) is 30.9 Å². The van der Waals surface area contributed by atoms with E-state index in [0.29, 0.717) is 5.56 Å². The standard InChI is InChI=1S/C11H12F3NO2/c12-11(13,14)10(3-4-10)15-6-7-1-2-8(16)5-9(7)17/h1-2,5,15-17H,3-4,6H2. The van der Waals surface area contributed by atoms with Crippen LogP contribution in [0.4, 0.5) is 13.2 Å². The Balaban J connectivity index is 2.04. The monoisotopic (exact) mass is 247 g/mol. The second-order valence-electron chi connectivity index (χ2n) is 4.25. The van der Waals surface area contributed by atoms with Crippen LogP contribution in [0.5, 0.6) is 11.5 Å². The Morgan fingerprint density at radius 3 is 2.35 bits per heavy atom. The average molecular weight is 247 g/mol. The third-order valence-electron chi connectivity index (χ3n) is 2.98. The molecule has 0 unspecified atom stereocenters. The summed E-state index contributed by atoms with van der Waals surface area (Å²) in [6.07, 6.45) is -4.13. The lowest BCUT2D eigenvalue weighted by Crippen LogP contribution is -2.44. The highest BCUT2D eigenvalue weighted by molar-refractivity contribution is 5.39. The molecule has 1 aromatic rings. The second kappa shape index (κ2) is 3.80. The first-order valence-electron chi connectivity index (χ1n) is 5.17. The molecule has 3 nitrogen and oxygen atoms in total. The van der Waals surface area contributed by atoms with E-state index >= 15 is 0 Å². The van der Waals surface area contributed by atoms with Gasteiger partial charge in [0.05, 0.1) is 0 Å². The Bertz CT molecular complexity index is 427. The van der Waals surface area contributed by atoms with Crippen LogP contribution in [0.1, 0.15) is 18.4 Å². The molecule has 17 heavy (non-hydrogen) atoms. The number of halogens is 3. The van der Waals surface area contributed by atoms with Gasteiger partial charge >= 0.3 is 6.18 Å². The van der Waals surface area contributed by atoms with Crippen molar-refractivity contribution in [2.75, 3.05) is 0 Å². The van der Waals surface area contributed by atoms with Crippen molar-refractivity contribution in [3.8, 4) is 11.5 Å². The van der Waals surface area contributed by atoms with Gasteiger partial charge in [-0.05, 0) is 18.9 Å². The number of alkyl halides is 3. The number of nitrogens with one attached hydrogen (secondary N) is 1. The highest BCUT2D eigenvalue weighted by Gasteiger charge is 2.62. The van der Waals surface area contributed by atoms with Crippen molar-refractivity contribution in [2.24, 2.45) is 0 Å². The van der Waals surface area contributed by atoms with Gasteiger partial charge in [-0.3, -0.25) is 5.32 Å². The molecular weight excluding hydrogens is 235 g/mol. The summed E-state index contributed by atoms with van der Waals surface area (Å²) in [5.74, 6) is -0.335. The van der Waals surface area contributed by atoms with E-state index in [4.69, 9.17) is 5.11 Å². The second-order valence-corrected chi connectivity index (χ2v) is 4.25. The number of phenolic OH excluding ortho intramolecular Hbond substituents is 2. The molecule has 1 fully saturated rings. The van der Waals surface area contributed by atoms with Crippen molar-refractivity contribution in [3.05, 3.63) is 23.8 Å². The van der Waals surface area contributed by atoms with Crippen molar-refractivity contribution in [2.45, 2.75) is 31.1 Å². The topological polar surface area (TPSA) is 52.5 Å². The maximum Gasteiger partial charge on any atom is 0.406 e. The summed E-state index contributed by atoms with van der Waals surface area (Å²) in [5.41, 5.74) is -1.46. The summed E-state index contributed by atoms with van der Waals surface area (Å²) >= 11 is 0. The first-order chi connectivity index (χ1) is 7.84. The number of hydrogen-bond acceptors (Lipinski definition) is 3. The van der Waals surface area contributed by atoms with Crippen molar-refractivity contribution in [3.63, 3.8) is 0 Å². The van der Waals surface area contributed by atoms with Crippen LogP contribution in [-0.4, -0.2) is 21.9 Å². The molecule has 6 heteroatoms. The highest BCUT2D eigenvalue weighted by Crippen LogP contribution is 2.49. The molecule has 0 bridgehead atoms. The molecule has 0 atom stereocenters. The van der Waals surface area contributed by atoms with Crippen LogP contribution in [-0.2, 0) is 6.54 Å². The zero-order chi connectivity index (χ0) is 12.7. The molecule has 0 aliphatic heterocycles. The molecular formula is C11H12F3NO2. The average Bonchev–Trinajstić information content (AvgIpc) is 2.96. The van der Waals surface area contributed by atoms with Gasteiger partial charge in [-0.15, -0.1) is 0 Å². The van der Waals surface area contributed by atoms with E-state index in [9.17, 15) is 18.3 Å². The maximum absolute atomic E-state index is 12.6. The van der Waals surface area contributed by atoms with E-state index in [1.165, 1.54) is 12.1 Å². The number of hydrogen-bond donors (Lipinski definition) is 3. The predicted octanol–water partition coefficient (Wildman–Crippen LogP) is 2.28. The van der Waals surface area contributed by atoms with Crippen molar-refractivity contribution < 1.29 is 23.4 Å². The maximum atomic E-state index is 12.6. The fourth-order valence-electron chi connectivity index (χ4n) is 1.65. The number of phenols is 2. The molecule has 3 N–H and O–H groups in total. The molecule has 1 aromatic carbocycles. The molecule has 2 rings (SSSR count). The minimum absolute atomic E-state index is 0.0648. The zero-order valence-corrected chi connectivity index (χ0v) is 8.88. The van der Waals surface area contributed by atoms with Gasteiger partial charge in [0.15, 0.2) is 0 Å². The smallest absolute Gasteiger partial charge is 0.406 e. The zero-order valence-electron chi connectivity index (χ0n) is 8.88. The number of aromatic hydroxyl groups is 2. The van der Waals surface area contributed by atoms with E-state index < -0.39 is 11.7 Å². The molecule has 1 aliphatic rings. The number of benzene rings is 1. The SMILES string of the molecule is Oc1ccc(CNC2(C(F)(F)F)CC2)c(O)c1. The Morgan fingerprint density at radius 2 is 1.88 bits per heavy atom. The Labute approximate surface area is 95.9 Å². The van der Waals surface area contributed by atoms with Gasteiger partial charge in [0, 0.05) is 18.2 Å². The van der Waals surface area contributed by atoms with Gasteiger partial charge in [-0.25, -0.2) is 0 Å². The summed E-state index contributed by atoms with van der Waals surface area (Å²) in [6, 6.07) is 3.82. The van der Waals surface area contributed by atoms with E-state index in [2.05, 4.69) is 5.32 Å². The molecule has 1 aliphatic carbocycles. The third kappa shape index (κ3) is 2.31. The molecule has 0 heterocycles. The largest absolute Gasteiger partial charge is 0.508 e. The van der Waals surface area contributed by atoms with Crippen LogP contribution >= 0.6 is 0 Å². The van der Waals surface area contributed by atoms with Gasteiger partial charge in [-0.1, -0.05) is 6.07 Å². The van der Waals surface area contributed by atoms with E-state index in [0.717, 1.165) is 6.07 Å². The fourth-order valence-corrected chi connectivity index (χ4v) is 1.65. The van der Waals surface area contributed by atoms with E-state index in [1.54, 1.807) is 0 Å². The highest BCUT2D eigenvalue weighted by atomic mass is 19.4. The first kappa shape index (κ1) is 12.0. The molecule has 0 saturated heterocycles. The minimum Gasteiger partial charge on any atom is -0.508 e. The summed E-state index contributed by atoms with van der Waals surface area (Å²) in [7, 11) is 0. The minimum atomic E-state index is -4.26. The predicted molar refractivity (Wildman–Crippen MR) is 54.6 cm³/mol. The number of rotatable bonds is 3. The van der Waals surface area contributed by atoms with Gasteiger partial charge in [0.25, 0.3) is 0 Å². The fraction of sp³-hybridized carbons (Fsp3) is 0.455. The lowest BCUT2D eigenvalue weighted by Gasteiger charge is -2.21. The molecule has 0 aromatic heterocycles. The van der Waals surface area contributed by atoms with Gasteiger partial charge in [0.1, 0.15) is 17.0 Å². The Hall–Kier alpha value is -1.43.